The van der Waals surface area contributed by atoms with Gasteiger partial charge in [0.15, 0.2) is 0 Å². The molecular formula is C15H20ClN3O. The van der Waals surface area contributed by atoms with E-state index in [1.54, 1.807) is 10.9 Å². The van der Waals surface area contributed by atoms with Crippen molar-refractivity contribution >= 4 is 11.6 Å². The maximum Gasteiger partial charge on any atom is 0.124 e. The maximum atomic E-state index is 6.29. The van der Waals surface area contributed by atoms with Crippen LogP contribution in [0.15, 0.2) is 30.5 Å². The Hall–Kier alpha value is -1.52. The Morgan fingerprint density at radius 2 is 2.10 bits per heavy atom. The molecule has 1 heterocycles. The zero-order chi connectivity index (χ0) is 14.5. The predicted molar refractivity (Wildman–Crippen MR) is 81.3 cm³/mol. The number of nitrogens with zero attached hydrogens (tertiary/aromatic N) is 2. The molecule has 0 fully saturated rings. The second-order valence-corrected chi connectivity index (χ2v) is 4.87. The molecule has 0 saturated heterocycles. The van der Waals surface area contributed by atoms with E-state index in [0.29, 0.717) is 11.6 Å². The van der Waals surface area contributed by atoms with E-state index in [1.807, 2.05) is 32.2 Å². The van der Waals surface area contributed by atoms with E-state index in [-0.39, 0.29) is 6.04 Å². The Morgan fingerprint density at radius 1 is 1.35 bits per heavy atom. The lowest BCUT2D eigenvalue weighted by Crippen LogP contribution is -2.25. The topological polar surface area (TPSA) is 39.1 Å². The number of rotatable bonds is 6. The summed E-state index contributed by atoms with van der Waals surface area (Å²) in [6.45, 7) is 5.51. The normalized spacial score (nSPS) is 12.4. The van der Waals surface area contributed by atoms with Gasteiger partial charge in [0, 0.05) is 12.6 Å². The highest BCUT2D eigenvalue weighted by molar-refractivity contribution is 6.31. The number of hydrogen-bond donors (Lipinski definition) is 1. The van der Waals surface area contributed by atoms with Gasteiger partial charge in [-0.2, -0.15) is 5.10 Å². The first-order valence-electron chi connectivity index (χ1n) is 6.81. The molecule has 0 aliphatic carbocycles. The summed E-state index contributed by atoms with van der Waals surface area (Å²) in [7, 11) is 1.90. The van der Waals surface area contributed by atoms with Gasteiger partial charge in [-0.1, -0.05) is 36.7 Å². The van der Waals surface area contributed by atoms with E-state index in [9.17, 15) is 0 Å². The average molecular weight is 294 g/mol. The van der Waals surface area contributed by atoms with E-state index >= 15 is 0 Å². The molecule has 0 bridgehead atoms. The van der Waals surface area contributed by atoms with E-state index in [4.69, 9.17) is 16.3 Å². The summed E-state index contributed by atoms with van der Waals surface area (Å²) in [5, 5.41) is 8.34. The first kappa shape index (κ1) is 14.9. The van der Waals surface area contributed by atoms with Crippen LogP contribution in [0, 0.1) is 0 Å². The van der Waals surface area contributed by atoms with Crippen molar-refractivity contribution in [2.45, 2.75) is 19.9 Å². The maximum absolute atomic E-state index is 6.29. The lowest BCUT2D eigenvalue weighted by molar-refractivity contribution is 0.333. The molecule has 1 aromatic heterocycles. The third-order valence-electron chi connectivity index (χ3n) is 3.15. The Kier molecular flexibility index (Phi) is 5.04. The fourth-order valence-corrected chi connectivity index (χ4v) is 2.58. The number of ether oxygens (including phenoxy) is 1. The predicted octanol–water partition coefficient (Wildman–Crippen LogP) is 3.17. The van der Waals surface area contributed by atoms with Gasteiger partial charge >= 0.3 is 0 Å². The summed E-state index contributed by atoms with van der Waals surface area (Å²) in [5.74, 6) is 0.873. The zero-order valence-corrected chi connectivity index (χ0v) is 12.8. The van der Waals surface area contributed by atoms with Gasteiger partial charge in [0.1, 0.15) is 5.75 Å². The summed E-state index contributed by atoms with van der Waals surface area (Å²) < 4.78 is 7.53. The highest BCUT2D eigenvalue weighted by Gasteiger charge is 2.23. The lowest BCUT2D eigenvalue weighted by atomic mass is 10.0. The van der Waals surface area contributed by atoms with Crippen molar-refractivity contribution in [3.63, 3.8) is 0 Å². The van der Waals surface area contributed by atoms with Crippen LogP contribution < -0.4 is 10.1 Å². The number of hydrogen-bond acceptors (Lipinski definition) is 3. The molecule has 0 saturated carbocycles. The Morgan fingerprint density at radius 3 is 2.70 bits per heavy atom. The van der Waals surface area contributed by atoms with Gasteiger partial charge in [-0.15, -0.1) is 0 Å². The van der Waals surface area contributed by atoms with Gasteiger partial charge in [0.05, 0.1) is 29.6 Å². The molecule has 20 heavy (non-hydrogen) atoms. The average Bonchev–Trinajstić information content (AvgIpc) is 2.77. The molecule has 5 heteroatoms. The second kappa shape index (κ2) is 6.77. The van der Waals surface area contributed by atoms with Crippen molar-refractivity contribution in [1.82, 2.24) is 15.1 Å². The molecule has 4 nitrogen and oxygen atoms in total. The van der Waals surface area contributed by atoms with Gasteiger partial charge in [-0.05, 0) is 19.5 Å². The number of benzene rings is 1. The van der Waals surface area contributed by atoms with Crippen LogP contribution in [0.4, 0.5) is 0 Å². The largest absolute Gasteiger partial charge is 0.494 e. The number of halogens is 1. The molecule has 1 atom stereocenters. The second-order valence-electron chi connectivity index (χ2n) is 4.46. The number of para-hydroxylation sites is 1. The van der Waals surface area contributed by atoms with Crippen LogP contribution in [0.1, 0.15) is 31.1 Å². The lowest BCUT2D eigenvalue weighted by Gasteiger charge is -2.22. The molecule has 1 N–H and O–H groups in total. The smallest absolute Gasteiger partial charge is 0.124 e. The van der Waals surface area contributed by atoms with Gasteiger partial charge in [-0.25, -0.2) is 0 Å². The standard InChI is InChI=1S/C15H20ClN3O/c1-4-17-14(15-12(16)10-18-19(15)3)11-8-6-7-9-13(11)20-5-2/h6-10,14,17H,4-5H2,1-3H3. The number of aromatic nitrogens is 2. The number of aryl methyl sites for hydroxylation is 1. The Labute approximate surface area is 124 Å². The molecule has 0 aliphatic rings. The Balaban J connectivity index is 2.49. The Bertz CT molecular complexity index is 548. The van der Waals surface area contributed by atoms with E-state index < -0.39 is 0 Å². The van der Waals surface area contributed by atoms with Gasteiger partial charge in [0.25, 0.3) is 0 Å². The first-order chi connectivity index (χ1) is 9.69. The molecule has 0 amide bonds. The number of nitrogens with one attached hydrogen (secondary N) is 1. The van der Waals surface area contributed by atoms with Crippen LogP contribution >= 0.6 is 11.6 Å². The van der Waals surface area contributed by atoms with Crippen LogP contribution in [0.25, 0.3) is 0 Å². The molecule has 2 rings (SSSR count). The van der Waals surface area contributed by atoms with Gasteiger partial charge in [-0.3, -0.25) is 4.68 Å². The summed E-state index contributed by atoms with van der Waals surface area (Å²) in [6, 6.07) is 7.98. The minimum absolute atomic E-state index is 0.0391. The highest BCUT2D eigenvalue weighted by atomic mass is 35.5. The van der Waals surface area contributed by atoms with Gasteiger partial charge < -0.3 is 10.1 Å². The highest BCUT2D eigenvalue weighted by Crippen LogP contribution is 2.33. The van der Waals surface area contributed by atoms with Crippen LogP contribution in [-0.4, -0.2) is 22.9 Å². The van der Waals surface area contributed by atoms with Crippen molar-refractivity contribution in [3.8, 4) is 5.75 Å². The van der Waals surface area contributed by atoms with Crippen LogP contribution in [0.2, 0.25) is 5.02 Å². The molecule has 0 spiro atoms. The molecule has 1 unspecified atom stereocenters. The van der Waals surface area contributed by atoms with Crippen LogP contribution in [0.3, 0.4) is 0 Å². The SMILES string of the molecule is CCNC(c1ccccc1OCC)c1c(Cl)cnn1C. The third-order valence-corrected chi connectivity index (χ3v) is 3.44. The van der Waals surface area contributed by atoms with Crippen molar-refractivity contribution < 1.29 is 4.74 Å². The third kappa shape index (κ3) is 2.97. The minimum atomic E-state index is -0.0391. The molecule has 0 radical (unpaired) electrons. The van der Waals surface area contributed by atoms with Crippen molar-refractivity contribution in [3.05, 3.63) is 46.7 Å². The summed E-state index contributed by atoms with van der Waals surface area (Å²) in [6.07, 6.45) is 1.67. The molecular weight excluding hydrogens is 274 g/mol. The van der Waals surface area contributed by atoms with Crippen molar-refractivity contribution in [2.75, 3.05) is 13.2 Å². The van der Waals surface area contributed by atoms with Crippen molar-refractivity contribution in [2.24, 2.45) is 7.05 Å². The monoisotopic (exact) mass is 293 g/mol. The summed E-state index contributed by atoms with van der Waals surface area (Å²) in [4.78, 5) is 0. The van der Waals surface area contributed by atoms with Crippen LogP contribution in [-0.2, 0) is 7.05 Å². The zero-order valence-electron chi connectivity index (χ0n) is 12.1. The quantitative estimate of drug-likeness (QED) is 0.889. The fraction of sp³-hybridized carbons (Fsp3) is 0.400. The van der Waals surface area contributed by atoms with Crippen molar-refractivity contribution in [1.29, 1.82) is 0 Å². The molecule has 1 aromatic carbocycles. The van der Waals surface area contributed by atoms with Gasteiger partial charge in [0.2, 0.25) is 0 Å². The molecule has 108 valence electrons. The van der Waals surface area contributed by atoms with E-state index in [2.05, 4.69) is 23.4 Å². The summed E-state index contributed by atoms with van der Waals surface area (Å²) in [5.41, 5.74) is 2.02. The van der Waals surface area contributed by atoms with E-state index in [0.717, 1.165) is 23.6 Å². The summed E-state index contributed by atoms with van der Waals surface area (Å²) >= 11 is 6.29. The van der Waals surface area contributed by atoms with Crippen LogP contribution in [0.5, 0.6) is 5.75 Å². The molecule has 2 aromatic rings. The molecule has 0 aliphatic heterocycles. The van der Waals surface area contributed by atoms with E-state index in [1.165, 1.54) is 0 Å². The fourth-order valence-electron chi connectivity index (χ4n) is 2.31. The first-order valence-corrected chi connectivity index (χ1v) is 7.19. The minimum Gasteiger partial charge on any atom is -0.494 e.